The first-order chi connectivity index (χ1) is 8.58. The molecule has 3 N–H and O–H groups in total. The molecular formula is C15H23ClN2O. The molecular weight excluding hydrogens is 260 g/mol. The third-order valence-corrected chi connectivity index (χ3v) is 3.57. The smallest absolute Gasteiger partial charge is 0.251 e. The third-order valence-electron chi connectivity index (χ3n) is 3.57. The number of hydrogen-bond acceptors (Lipinski definition) is 2. The average Bonchev–Trinajstić information content (AvgIpc) is 3.20. The number of hydrogen-bond donors (Lipinski definition) is 2. The second-order valence-corrected chi connectivity index (χ2v) is 5.49. The molecule has 4 heteroatoms. The van der Waals surface area contributed by atoms with Gasteiger partial charge in [-0.2, -0.15) is 0 Å². The molecule has 0 spiro atoms. The number of nitrogens with one attached hydrogen (secondary N) is 1. The van der Waals surface area contributed by atoms with Crippen molar-refractivity contribution in [3.63, 3.8) is 0 Å². The van der Waals surface area contributed by atoms with Crippen LogP contribution in [0.25, 0.3) is 0 Å². The zero-order chi connectivity index (χ0) is 13.1. The van der Waals surface area contributed by atoms with E-state index in [4.69, 9.17) is 5.73 Å². The number of halogens is 1. The summed E-state index contributed by atoms with van der Waals surface area (Å²) in [5.41, 5.74) is 7.92. The van der Waals surface area contributed by atoms with Crippen molar-refractivity contribution in [2.24, 2.45) is 11.7 Å². The van der Waals surface area contributed by atoms with E-state index in [-0.39, 0.29) is 24.4 Å². The minimum absolute atomic E-state index is 0. The van der Waals surface area contributed by atoms with Gasteiger partial charge in [-0.05, 0) is 42.4 Å². The van der Waals surface area contributed by atoms with Crippen LogP contribution in [0.4, 0.5) is 0 Å². The van der Waals surface area contributed by atoms with Crippen LogP contribution in [0.2, 0.25) is 0 Å². The molecule has 1 unspecified atom stereocenters. The lowest BCUT2D eigenvalue weighted by molar-refractivity contribution is 0.0950. The van der Waals surface area contributed by atoms with Gasteiger partial charge in [0.25, 0.3) is 5.91 Å². The minimum Gasteiger partial charge on any atom is -0.350 e. The van der Waals surface area contributed by atoms with Gasteiger partial charge < -0.3 is 11.1 Å². The van der Waals surface area contributed by atoms with Gasteiger partial charge in [-0.3, -0.25) is 4.79 Å². The maximum atomic E-state index is 11.9. The van der Waals surface area contributed by atoms with E-state index >= 15 is 0 Å². The second-order valence-electron chi connectivity index (χ2n) is 5.49. The topological polar surface area (TPSA) is 55.1 Å². The van der Waals surface area contributed by atoms with Crippen LogP contribution in [0.5, 0.6) is 0 Å². The normalized spacial score (nSPS) is 15.8. The molecule has 0 bridgehead atoms. The largest absolute Gasteiger partial charge is 0.350 e. The Labute approximate surface area is 121 Å². The Bertz CT molecular complexity index is 413. The van der Waals surface area contributed by atoms with E-state index in [0.29, 0.717) is 23.9 Å². The van der Waals surface area contributed by atoms with Gasteiger partial charge in [-0.1, -0.05) is 26.0 Å². The minimum atomic E-state index is -0.0265. The molecule has 0 saturated heterocycles. The molecule has 1 saturated carbocycles. The van der Waals surface area contributed by atoms with Crippen LogP contribution in [-0.2, 0) is 0 Å². The highest BCUT2D eigenvalue weighted by Gasteiger charge is 2.28. The Kier molecular flexibility index (Phi) is 5.83. The summed E-state index contributed by atoms with van der Waals surface area (Å²) >= 11 is 0. The lowest BCUT2D eigenvalue weighted by atomic mass is 10.0. The standard InChI is InChI=1S/C15H22N2O.ClH/c1-10(2)11-3-7-13(8-4-11)15(18)17-9-14(16)12-5-6-12;/h3-4,7-8,10,12,14H,5-6,9,16H2,1-2H3,(H,17,18);1H. The first-order valence-electron chi connectivity index (χ1n) is 6.71. The molecule has 1 aromatic carbocycles. The van der Waals surface area contributed by atoms with Gasteiger partial charge in [0.2, 0.25) is 0 Å². The Morgan fingerprint density at radius 2 is 1.89 bits per heavy atom. The van der Waals surface area contributed by atoms with Crippen LogP contribution in [-0.4, -0.2) is 18.5 Å². The first kappa shape index (κ1) is 16.0. The van der Waals surface area contributed by atoms with Crippen LogP contribution < -0.4 is 11.1 Å². The second kappa shape index (κ2) is 6.92. The molecule has 2 rings (SSSR count). The van der Waals surface area contributed by atoms with E-state index in [1.54, 1.807) is 0 Å². The molecule has 1 aliphatic rings. The van der Waals surface area contributed by atoms with Gasteiger partial charge in [0, 0.05) is 18.2 Å². The van der Waals surface area contributed by atoms with Crippen LogP contribution >= 0.6 is 12.4 Å². The van der Waals surface area contributed by atoms with Gasteiger partial charge >= 0.3 is 0 Å². The van der Waals surface area contributed by atoms with Crippen molar-refractivity contribution in [1.29, 1.82) is 0 Å². The third kappa shape index (κ3) is 4.51. The Morgan fingerprint density at radius 1 is 1.32 bits per heavy atom. The summed E-state index contributed by atoms with van der Waals surface area (Å²) in [7, 11) is 0. The molecule has 1 atom stereocenters. The van der Waals surface area contributed by atoms with E-state index in [0.717, 1.165) is 0 Å². The van der Waals surface area contributed by atoms with Crippen molar-refractivity contribution in [2.45, 2.75) is 38.6 Å². The summed E-state index contributed by atoms with van der Waals surface area (Å²) in [6.45, 7) is 4.86. The fraction of sp³-hybridized carbons (Fsp3) is 0.533. The van der Waals surface area contributed by atoms with Crippen LogP contribution in [0.1, 0.15) is 48.5 Å². The Balaban J connectivity index is 0.00000180. The van der Waals surface area contributed by atoms with Gasteiger partial charge in [-0.15, -0.1) is 12.4 Å². The summed E-state index contributed by atoms with van der Waals surface area (Å²) in [5.74, 6) is 1.08. The van der Waals surface area contributed by atoms with E-state index in [2.05, 4.69) is 19.2 Å². The van der Waals surface area contributed by atoms with Crippen molar-refractivity contribution in [1.82, 2.24) is 5.32 Å². The zero-order valence-corrected chi connectivity index (χ0v) is 12.4. The van der Waals surface area contributed by atoms with Gasteiger partial charge in [0.1, 0.15) is 0 Å². The molecule has 106 valence electrons. The monoisotopic (exact) mass is 282 g/mol. The van der Waals surface area contributed by atoms with Crippen molar-refractivity contribution in [3.8, 4) is 0 Å². The number of carbonyl (C=O) groups excluding carboxylic acids is 1. The highest BCUT2D eigenvalue weighted by atomic mass is 35.5. The Morgan fingerprint density at radius 3 is 2.37 bits per heavy atom. The summed E-state index contributed by atoms with van der Waals surface area (Å²) in [5, 5.41) is 2.90. The van der Waals surface area contributed by atoms with Crippen molar-refractivity contribution in [2.75, 3.05) is 6.54 Å². The lowest BCUT2D eigenvalue weighted by Gasteiger charge is -2.12. The summed E-state index contributed by atoms with van der Waals surface area (Å²) in [6, 6.07) is 7.91. The maximum Gasteiger partial charge on any atom is 0.251 e. The van der Waals surface area contributed by atoms with Gasteiger partial charge in [0.15, 0.2) is 0 Å². The number of carbonyl (C=O) groups is 1. The molecule has 1 aromatic rings. The fourth-order valence-electron chi connectivity index (χ4n) is 2.02. The van der Waals surface area contributed by atoms with Crippen LogP contribution in [0, 0.1) is 5.92 Å². The molecule has 0 radical (unpaired) electrons. The van der Waals surface area contributed by atoms with Crippen molar-refractivity contribution < 1.29 is 4.79 Å². The predicted octanol–water partition coefficient (Wildman–Crippen LogP) is 2.70. The maximum absolute atomic E-state index is 11.9. The van der Waals surface area contributed by atoms with Crippen LogP contribution in [0.15, 0.2) is 24.3 Å². The number of amides is 1. The van der Waals surface area contributed by atoms with Gasteiger partial charge in [0.05, 0.1) is 0 Å². The number of benzene rings is 1. The lowest BCUT2D eigenvalue weighted by Crippen LogP contribution is -2.38. The highest BCUT2D eigenvalue weighted by Crippen LogP contribution is 2.31. The average molecular weight is 283 g/mol. The first-order valence-corrected chi connectivity index (χ1v) is 6.71. The summed E-state index contributed by atoms with van der Waals surface area (Å²) in [4.78, 5) is 11.9. The SMILES string of the molecule is CC(C)c1ccc(C(=O)NCC(N)C2CC2)cc1.Cl. The molecule has 1 amide bonds. The summed E-state index contributed by atoms with van der Waals surface area (Å²) < 4.78 is 0. The Hall–Kier alpha value is -1.06. The quantitative estimate of drug-likeness (QED) is 0.872. The summed E-state index contributed by atoms with van der Waals surface area (Å²) in [6.07, 6.45) is 2.42. The molecule has 3 nitrogen and oxygen atoms in total. The van der Waals surface area contributed by atoms with E-state index in [9.17, 15) is 4.79 Å². The zero-order valence-electron chi connectivity index (χ0n) is 11.6. The molecule has 1 fully saturated rings. The van der Waals surface area contributed by atoms with Crippen molar-refractivity contribution >= 4 is 18.3 Å². The predicted molar refractivity (Wildman–Crippen MR) is 80.8 cm³/mol. The number of nitrogens with two attached hydrogens (primary N) is 1. The number of rotatable bonds is 5. The molecule has 0 aliphatic heterocycles. The van der Waals surface area contributed by atoms with E-state index in [1.807, 2.05) is 24.3 Å². The fourth-order valence-corrected chi connectivity index (χ4v) is 2.02. The molecule has 0 aromatic heterocycles. The molecule has 0 heterocycles. The molecule has 19 heavy (non-hydrogen) atoms. The highest BCUT2D eigenvalue weighted by molar-refractivity contribution is 5.94. The van der Waals surface area contributed by atoms with Gasteiger partial charge in [-0.25, -0.2) is 0 Å². The van der Waals surface area contributed by atoms with Crippen molar-refractivity contribution in [3.05, 3.63) is 35.4 Å². The molecule has 1 aliphatic carbocycles. The van der Waals surface area contributed by atoms with E-state index < -0.39 is 0 Å². The van der Waals surface area contributed by atoms with Crippen LogP contribution in [0.3, 0.4) is 0 Å². The van der Waals surface area contributed by atoms with E-state index in [1.165, 1.54) is 18.4 Å².